The quantitative estimate of drug-likeness (QED) is 0.290. The SMILES string of the molecule is Cc1cc(OCCCS(C)(=O)=O)cc(C)c1-c1cccc(COc2ccc(OC(C)(C)C(=O)O)c(F)c2)c1. The van der Waals surface area contributed by atoms with Crippen LogP contribution in [0.3, 0.4) is 0 Å². The van der Waals surface area contributed by atoms with Crippen LogP contribution in [0.4, 0.5) is 4.39 Å². The first kappa shape index (κ1) is 29.0. The summed E-state index contributed by atoms with van der Waals surface area (Å²) in [7, 11) is -3.01. The third kappa shape index (κ3) is 7.95. The third-order valence-electron chi connectivity index (χ3n) is 5.84. The van der Waals surface area contributed by atoms with E-state index in [0.717, 1.165) is 27.8 Å². The van der Waals surface area contributed by atoms with Crippen molar-refractivity contribution in [1.82, 2.24) is 0 Å². The molecule has 0 aliphatic heterocycles. The molecule has 3 aromatic carbocycles. The molecule has 3 aromatic rings. The van der Waals surface area contributed by atoms with E-state index >= 15 is 0 Å². The fourth-order valence-corrected chi connectivity index (χ4v) is 4.57. The molecule has 0 saturated heterocycles. The summed E-state index contributed by atoms with van der Waals surface area (Å²) in [5.41, 5.74) is 3.41. The number of benzene rings is 3. The van der Waals surface area contributed by atoms with E-state index in [9.17, 15) is 22.7 Å². The molecule has 38 heavy (non-hydrogen) atoms. The Labute approximate surface area is 223 Å². The normalized spacial score (nSPS) is 11.7. The number of ether oxygens (including phenoxy) is 3. The molecule has 0 amide bonds. The molecule has 0 aliphatic rings. The zero-order valence-electron chi connectivity index (χ0n) is 22.2. The van der Waals surface area contributed by atoms with Crippen molar-refractivity contribution in [3.63, 3.8) is 0 Å². The number of halogens is 1. The number of carboxylic acid groups (broad SMARTS) is 1. The molecule has 0 saturated carbocycles. The monoisotopic (exact) mass is 544 g/mol. The second-order valence-corrected chi connectivity index (χ2v) is 12.0. The minimum atomic E-state index is -3.01. The van der Waals surface area contributed by atoms with Crippen LogP contribution in [-0.4, -0.2) is 43.7 Å². The lowest BCUT2D eigenvalue weighted by Crippen LogP contribution is -2.38. The first-order valence-corrected chi connectivity index (χ1v) is 14.2. The van der Waals surface area contributed by atoms with E-state index in [1.165, 1.54) is 38.3 Å². The maximum Gasteiger partial charge on any atom is 0.347 e. The number of carboxylic acids is 1. The molecule has 204 valence electrons. The van der Waals surface area contributed by atoms with Gasteiger partial charge in [-0.3, -0.25) is 0 Å². The minimum absolute atomic E-state index is 0.0887. The molecule has 0 unspecified atom stereocenters. The molecule has 0 spiro atoms. The smallest absolute Gasteiger partial charge is 0.347 e. The highest BCUT2D eigenvalue weighted by atomic mass is 32.2. The Balaban J connectivity index is 1.68. The van der Waals surface area contributed by atoms with Gasteiger partial charge in [0, 0.05) is 12.3 Å². The van der Waals surface area contributed by atoms with E-state index in [1.54, 1.807) is 0 Å². The number of aliphatic carboxylic acids is 1. The van der Waals surface area contributed by atoms with E-state index in [-0.39, 0.29) is 23.9 Å². The lowest BCUT2D eigenvalue weighted by Gasteiger charge is -2.22. The number of hydrogen-bond donors (Lipinski definition) is 1. The highest BCUT2D eigenvalue weighted by Gasteiger charge is 2.30. The number of rotatable bonds is 12. The van der Waals surface area contributed by atoms with Crippen LogP contribution >= 0.6 is 0 Å². The Morgan fingerprint density at radius 2 is 1.66 bits per heavy atom. The van der Waals surface area contributed by atoms with Crippen LogP contribution < -0.4 is 14.2 Å². The van der Waals surface area contributed by atoms with E-state index in [4.69, 9.17) is 14.2 Å². The molecule has 0 aliphatic carbocycles. The van der Waals surface area contributed by atoms with Gasteiger partial charge in [-0.2, -0.15) is 0 Å². The maximum atomic E-state index is 14.5. The highest BCUT2D eigenvalue weighted by Crippen LogP contribution is 2.32. The number of carbonyl (C=O) groups is 1. The third-order valence-corrected chi connectivity index (χ3v) is 6.87. The van der Waals surface area contributed by atoms with Gasteiger partial charge in [0.1, 0.15) is 27.9 Å². The molecule has 7 nitrogen and oxygen atoms in total. The Morgan fingerprint density at radius 3 is 2.26 bits per heavy atom. The molecule has 3 rings (SSSR count). The Hall–Kier alpha value is -3.59. The molecule has 0 aromatic heterocycles. The summed E-state index contributed by atoms with van der Waals surface area (Å²) in [4.78, 5) is 11.2. The molecule has 0 atom stereocenters. The van der Waals surface area contributed by atoms with Crippen LogP contribution in [0.5, 0.6) is 17.2 Å². The largest absolute Gasteiger partial charge is 0.494 e. The lowest BCUT2D eigenvalue weighted by molar-refractivity contribution is -0.152. The van der Waals surface area contributed by atoms with Crippen molar-refractivity contribution in [3.8, 4) is 28.4 Å². The van der Waals surface area contributed by atoms with E-state index in [2.05, 4.69) is 0 Å². The van der Waals surface area contributed by atoms with Crippen LogP contribution in [0.25, 0.3) is 11.1 Å². The van der Waals surface area contributed by atoms with Gasteiger partial charge in [-0.15, -0.1) is 0 Å². The van der Waals surface area contributed by atoms with Crippen LogP contribution in [0.15, 0.2) is 54.6 Å². The predicted octanol–water partition coefficient (Wildman–Crippen LogP) is 5.74. The van der Waals surface area contributed by atoms with Crippen LogP contribution in [0.1, 0.15) is 37.0 Å². The first-order chi connectivity index (χ1) is 17.7. The Morgan fingerprint density at radius 1 is 0.974 bits per heavy atom. The second kappa shape index (κ2) is 11.9. The second-order valence-electron chi connectivity index (χ2n) is 9.76. The predicted molar refractivity (Wildman–Crippen MR) is 144 cm³/mol. The summed E-state index contributed by atoms with van der Waals surface area (Å²) in [5, 5.41) is 9.18. The van der Waals surface area contributed by atoms with Gasteiger partial charge < -0.3 is 19.3 Å². The number of hydrogen-bond acceptors (Lipinski definition) is 6. The summed E-state index contributed by atoms with van der Waals surface area (Å²) in [6, 6.07) is 15.8. The van der Waals surface area contributed by atoms with Crippen molar-refractivity contribution in [2.75, 3.05) is 18.6 Å². The van der Waals surface area contributed by atoms with Gasteiger partial charge in [0.15, 0.2) is 17.2 Å². The summed E-state index contributed by atoms with van der Waals surface area (Å²) in [6.45, 7) is 7.20. The zero-order valence-corrected chi connectivity index (χ0v) is 23.0. The summed E-state index contributed by atoms with van der Waals surface area (Å²) in [5.74, 6) is -1.01. The summed E-state index contributed by atoms with van der Waals surface area (Å²) >= 11 is 0. The number of sulfone groups is 1. The van der Waals surface area contributed by atoms with Crippen molar-refractivity contribution >= 4 is 15.8 Å². The van der Waals surface area contributed by atoms with Crippen molar-refractivity contribution in [2.45, 2.75) is 46.3 Å². The van der Waals surface area contributed by atoms with Gasteiger partial charge in [0.25, 0.3) is 0 Å². The van der Waals surface area contributed by atoms with Gasteiger partial charge >= 0.3 is 5.97 Å². The summed E-state index contributed by atoms with van der Waals surface area (Å²) < 4.78 is 53.9. The van der Waals surface area contributed by atoms with Crippen LogP contribution in [0.2, 0.25) is 0 Å². The maximum absolute atomic E-state index is 14.5. The van der Waals surface area contributed by atoms with Crippen molar-refractivity contribution < 1.29 is 36.9 Å². The van der Waals surface area contributed by atoms with Crippen molar-refractivity contribution in [3.05, 3.63) is 77.1 Å². The molecule has 9 heteroatoms. The van der Waals surface area contributed by atoms with E-state index < -0.39 is 27.2 Å². The van der Waals surface area contributed by atoms with E-state index in [1.807, 2.05) is 50.2 Å². The average Bonchev–Trinajstić information content (AvgIpc) is 2.81. The molecule has 0 bridgehead atoms. The molecule has 1 N–H and O–H groups in total. The fourth-order valence-electron chi connectivity index (χ4n) is 3.93. The minimum Gasteiger partial charge on any atom is -0.494 e. The Bertz CT molecular complexity index is 1390. The van der Waals surface area contributed by atoms with Gasteiger partial charge in [-0.05, 0) is 92.3 Å². The van der Waals surface area contributed by atoms with Crippen molar-refractivity contribution in [2.24, 2.45) is 0 Å². The Kier molecular flexibility index (Phi) is 9.04. The van der Waals surface area contributed by atoms with Crippen LogP contribution in [-0.2, 0) is 21.2 Å². The molecular formula is C29H33FO7S. The average molecular weight is 545 g/mol. The first-order valence-electron chi connectivity index (χ1n) is 12.1. The standard InChI is InChI=1S/C29H33FO7S/c1-19-14-24(35-12-7-13-38(5,33)34)15-20(2)27(19)22-9-6-8-21(16-22)18-36-23-10-11-26(25(30)17-23)37-29(3,4)28(31)32/h6,8-11,14-17H,7,12-13,18H2,1-5H3,(H,31,32). The van der Waals surface area contributed by atoms with Crippen molar-refractivity contribution in [1.29, 1.82) is 0 Å². The molecular weight excluding hydrogens is 511 g/mol. The fraction of sp³-hybridized carbons (Fsp3) is 0.345. The van der Waals surface area contributed by atoms with E-state index in [0.29, 0.717) is 18.8 Å². The lowest BCUT2D eigenvalue weighted by atomic mass is 9.94. The highest BCUT2D eigenvalue weighted by molar-refractivity contribution is 7.90. The van der Waals surface area contributed by atoms with Gasteiger partial charge in [-0.25, -0.2) is 17.6 Å². The topological polar surface area (TPSA) is 99.1 Å². The van der Waals surface area contributed by atoms with Gasteiger partial charge in [0.05, 0.1) is 12.4 Å². The molecule has 0 heterocycles. The zero-order chi connectivity index (χ0) is 28.1. The van der Waals surface area contributed by atoms with Gasteiger partial charge in [-0.1, -0.05) is 18.2 Å². The van der Waals surface area contributed by atoms with Crippen LogP contribution in [0, 0.1) is 19.7 Å². The molecule has 0 fully saturated rings. The molecule has 0 radical (unpaired) electrons. The number of aryl methyl sites for hydroxylation is 2. The van der Waals surface area contributed by atoms with Gasteiger partial charge in [0.2, 0.25) is 0 Å². The summed E-state index contributed by atoms with van der Waals surface area (Å²) in [6.07, 6.45) is 1.64.